The molecule has 1 aromatic carbocycles. The first-order valence-electron chi connectivity index (χ1n) is 5.76. The molecule has 0 aliphatic rings. The van der Waals surface area contributed by atoms with Crippen LogP contribution in [-0.4, -0.2) is 15.1 Å². The van der Waals surface area contributed by atoms with E-state index in [0.717, 1.165) is 16.8 Å². The van der Waals surface area contributed by atoms with Gasteiger partial charge in [0, 0.05) is 17.0 Å². The van der Waals surface area contributed by atoms with E-state index in [9.17, 15) is 0 Å². The summed E-state index contributed by atoms with van der Waals surface area (Å²) >= 11 is 5.94. The molecule has 0 atom stereocenters. The summed E-state index contributed by atoms with van der Waals surface area (Å²) in [5, 5.41) is 4.70. The largest absolute Gasteiger partial charge is 0.360 e. The number of benzene rings is 1. The van der Waals surface area contributed by atoms with Crippen LogP contribution in [-0.2, 0) is 0 Å². The van der Waals surface area contributed by atoms with E-state index in [2.05, 4.69) is 29.0 Å². The average molecular weight is 262 g/mol. The fraction of sp³-hybridized carbons (Fsp3) is 0.231. The predicted octanol–water partition coefficient (Wildman–Crippen LogP) is 3.99. The third-order valence-electron chi connectivity index (χ3n) is 2.78. The highest BCUT2D eigenvalue weighted by Crippen LogP contribution is 2.24. The van der Waals surface area contributed by atoms with Crippen LogP contribution in [0.5, 0.6) is 0 Å². The maximum Gasteiger partial charge on any atom is 0.160 e. The summed E-state index contributed by atoms with van der Waals surface area (Å²) in [5.74, 6) is 1.86. The van der Waals surface area contributed by atoms with Gasteiger partial charge in [-0.3, -0.25) is 0 Å². The van der Waals surface area contributed by atoms with Gasteiger partial charge in [0.15, 0.2) is 5.82 Å². The molecule has 3 aromatic rings. The van der Waals surface area contributed by atoms with Gasteiger partial charge in [0.05, 0.1) is 11.0 Å². The molecular weight excluding hydrogens is 250 g/mol. The second kappa shape index (κ2) is 4.14. The highest BCUT2D eigenvalue weighted by Gasteiger charge is 2.12. The molecule has 4 nitrogen and oxygen atoms in total. The van der Waals surface area contributed by atoms with Crippen LogP contribution in [0.3, 0.4) is 0 Å². The maximum absolute atomic E-state index is 5.94. The normalized spacial score (nSPS) is 11.6. The molecule has 0 radical (unpaired) electrons. The monoisotopic (exact) mass is 261 g/mol. The molecule has 92 valence electrons. The molecule has 0 aliphatic heterocycles. The van der Waals surface area contributed by atoms with Crippen LogP contribution >= 0.6 is 11.6 Å². The zero-order valence-electron chi connectivity index (χ0n) is 10.1. The van der Waals surface area contributed by atoms with E-state index >= 15 is 0 Å². The van der Waals surface area contributed by atoms with Gasteiger partial charge in [0.2, 0.25) is 0 Å². The molecule has 1 N–H and O–H groups in total. The highest BCUT2D eigenvalue weighted by molar-refractivity contribution is 6.31. The van der Waals surface area contributed by atoms with Crippen LogP contribution in [0.25, 0.3) is 22.6 Å². The van der Waals surface area contributed by atoms with Gasteiger partial charge in [0.25, 0.3) is 0 Å². The molecule has 0 unspecified atom stereocenters. The summed E-state index contributed by atoms with van der Waals surface area (Å²) < 4.78 is 5.26. The van der Waals surface area contributed by atoms with Gasteiger partial charge in [-0.25, -0.2) is 4.98 Å². The summed E-state index contributed by atoms with van der Waals surface area (Å²) in [4.78, 5) is 7.65. The number of nitrogens with zero attached hydrogens (tertiary/aromatic N) is 2. The van der Waals surface area contributed by atoms with Crippen molar-refractivity contribution < 1.29 is 4.52 Å². The average Bonchev–Trinajstić information content (AvgIpc) is 2.93. The quantitative estimate of drug-likeness (QED) is 0.759. The molecule has 0 amide bonds. The molecular formula is C13H12ClN3O. The third kappa shape index (κ3) is 1.88. The van der Waals surface area contributed by atoms with Crippen LogP contribution in [0.2, 0.25) is 5.02 Å². The van der Waals surface area contributed by atoms with Gasteiger partial charge in [-0.15, -0.1) is 0 Å². The standard InChI is InChI=1S/C13H12ClN3O/c1-7(2)12-6-11(17-18-12)13-15-9-4-3-8(14)5-10(9)16-13/h3-7H,1-2H3,(H,15,16). The van der Waals surface area contributed by atoms with Crippen molar-refractivity contribution in [2.24, 2.45) is 0 Å². The molecule has 0 spiro atoms. The van der Waals surface area contributed by atoms with Gasteiger partial charge in [-0.1, -0.05) is 30.6 Å². The van der Waals surface area contributed by atoms with Crippen LogP contribution in [0.15, 0.2) is 28.8 Å². The Hall–Kier alpha value is -1.81. The number of fused-ring (bicyclic) bond motifs is 1. The van der Waals surface area contributed by atoms with E-state index < -0.39 is 0 Å². The second-order valence-corrected chi connectivity index (χ2v) is 4.95. The molecule has 0 saturated heterocycles. The number of rotatable bonds is 2. The van der Waals surface area contributed by atoms with Gasteiger partial charge >= 0.3 is 0 Å². The molecule has 5 heteroatoms. The van der Waals surface area contributed by atoms with E-state index in [1.807, 2.05) is 24.3 Å². The molecule has 18 heavy (non-hydrogen) atoms. The van der Waals surface area contributed by atoms with Crippen molar-refractivity contribution in [1.29, 1.82) is 0 Å². The number of hydrogen-bond acceptors (Lipinski definition) is 3. The summed E-state index contributed by atoms with van der Waals surface area (Å²) in [7, 11) is 0. The topological polar surface area (TPSA) is 54.7 Å². The van der Waals surface area contributed by atoms with E-state index in [4.69, 9.17) is 16.1 Å². The van der Waals surface area contributed by atoms with Crippen LogP contribution < -0.4 is 0 Å². The molecule has 0 bridgehead atoms. The number of aromatic nitrogens is 3. The Balaban J connectivity index is 2.07. The Morgan fingerprint density at radius 2 is 2.11 bits per heavy atom. The summed E-state index contributed by atoms with van der Waals surface area (Å²) in [6, 6.07) is 7.44. The summed E-state index contributed by atoms with van der Waals surface area (Å²) in [6.45, 7) is 4.12. The van der Waals surface area contributed by atoms with Gasteiger partial charge in [-0.05, 0) is 18.2 Å². The number of halogens is 1. The SMILES string of the molecule is CC(C)c1cc(-c2nc3ccc(Cl)cc3[nH]2)no1. The number of H-pyrrole nitrogens is 1. The molecule has 0 aliphatic carbocycles. The Morgan fingerprint density at radius 1 is 1.28 bits per heavy atom. The number of nitrogens with one attached hydrogen (secondary N) is 1. The number of imidazole rings is 1. The van der Waals surface area contributed by atoms with Crippen molar-refractivity contribution in [3.63, 3.8) is 0 Å². The van der Waals surface area contributed by atoms with Crippen molar-refractivity contribution in [1.82, 2.24) is 15.1 Å². The Kier molecular flexibility index (Phi) is 2.59. The lowest BCUT2D eigenvalue weighted by Crippen LogP contribution is -1.81. The zero-order chi connectivity index (χ0) is 12.7. The first-order valence-corrected chi connectivity index (χ1v) is 6.13. The van der Waals surface area contributed by atoms with E-state index in [1.165, 1.54) is 0 Å². The Labute approximate surface area is 109 Å². The fourth-order valence-corrected chi connectivity index (χ4v) is 1.95. The van der Waals surface area contributed by atoms with Crippen molar-refractivity contribution in [3.05, 3.63) is 35.0 Å². The Bertz CT molecular complexity index is 699. The van der Waals surface area contributed by atoms with Crippen molar-refractivity contribution in [2.75, 3.05) is 0 Å². The minimum atomic E-state index is 0.310. The first kappa shape index (κ1) is 11.3. The van der Waals surface area contributed by atoms with Crippen LogP contribution in [0.4, 0.5) is 0 Å². The fourth-order valence-electron chi connectivity index (χ4n) is 1.78. The molecule has 2 heterocycles. The summed E-state index contributed by atoms with van der Waals surface area (Å²) in [6.07, 6.45) is 0. The molecule has 0 fully saturated rings. The minimum Gasteiger partial charge on any atom is -0.360 e. The van der Waals surface area contributed by atoms with E-state index in [1.54, 1.807) is 0 Å². The van der Waals surface area contributed by atoms with E-state index in [-0.39, 0.29) is 0 Å². The third-order valence-corrected chi connectivity index (χ3v) is 3.02. The van der Waals surface area contributed by atoms with Crippen molar-refractivity contribution >= 4 is 22.6 Å². The molecule has 3 rings (SSSR count). The smallest absolute Gasteiger partial charge is 0.160 e. The van der Waals surface area contributed by atoms with Crippen LogP contribution in [0, 0.1) is 0 Å². The zero-order valence-corrected chi connectivity index (χ0v) is 10.8. The van der Waals surface area contributed by atoms with Gasteiger partial charge in [-0.2, -0.15) is 0 Å². The lowest BCUT2D eigenvalue weighted by atomic mass is 10.1. The second-order valence-electron chi connectivity index (χ2n) is 4.52. The lowest BCUT2D eigenvalue weighted by molar-refractivity contribution is 0.372. The molecule has 2 aromatic heterocycles. The first-order chi connectivity index (χ1) is 8.63. The highest BCUT2D eigenvalue weighted by atomic mass is 35.5. The minimum absolute atomic E-state index is 0.310. The number of hydrogen-bond donors (Lipinski definition) is 1. The summed E-state index contributed by atoms with van der Waals surface area (Å²) in [5.41, 5.74) is 2.47. The predicted molar refractivity (Wildman–Crippen MR) is 70.7 cm³/mol. The number of aromatic amines is 1. The van der Waals surface area contributed by atoms with Gasteiger partial charge < -0.3 is 9.51 Å². The lowest BCUT2D eigenvalue weighted by Gasteiger charge is -1.93. The molecule has 0 saturated carbocycles. The van der Waals surface area contributed by atoms with E-state index in [0.29, 0.717) is 22.5 Å². The van der Waals surface area contributed by atoms with Gasteiger partial charge in [0.1, 0.15) is 11.5 Å². The maximum atomic E-state index is 5.94. The van der Waals surface area contributed by atoms with Crippen LogP contribution in [0.1, 0.15) is 25.5 Å². The van der Waals surface area contributed by atoms with Crippen molar-refractivity contribution in [2.45, 2.75) is 19.8 Å². The Morgan fingerprint density at radius 3 is 2.83 bits per heavy atom. The van der Waals surface area contributed by atoms with Crippen molar-refractivity contribution in [3.8, 4) is 11.5 Å².